The minimum absolute atomic E-state index is 0.734. The Bertz CT molecular complexity index is 169. The molecule has 0 fully saturated rings. The summed E-state index contributed by atoms with van der Waals surface area (Å²) in [5.41, 5.74) is -0.734. The Morgan fingerprint density at radius 2 is 1.82 bits per heavy atom. The number of esters is 1. The molecular weight excluding hydrogens is 151 g/mol. The highest BCUT2D eigenvalue weighted by atomic mass is 19.1. The van der Waals surface area contributed by atoms with Crippen molar-refractivity contribution in [3.63, 3.8) is 0 Å². The van der Waals surface area contributed by atoms with Gasteiger partial charge in [0, 0.05) is 0 Å². The molecule has 0 aromatic carbocycles. The van der Waals surface area contributed by atoms with E-state index in [1.807, 2.05) is 0 Å². The molecule has 0 saturated carbocycles. The van der Waals surface area contributed by atoms with Crippen molar-refractivity contribution in [1.29, 1.82) is 0 Å². The zero-order valence-electron chi connectivity index (χ0n) is 6.81. The van der Waals surface area contributed by atoms with E-state index in [0.29, 0.717) is 0 Å². The quantitative estimate of drug-likeness (QED) is 0.447. The van der Waals surface area contributed by atoms with E-state index >= 15 is 0 Å². The van der Waals surface area contributed by atoms with Crippen LogP contribution in [-0.4, -0.2) is 24.0 Å². The second-order valence-corrected chi connectivity index (χ2v) is 3.06. The van der Waals surface area contributed by atoms with Crippen LogP contribution in [-0.2, 0) is 14.3 Å². The molecule has 11 heavy (non-hydrogen) atoms. The van der Waals surface area contributed by atoms with Gasteiger partial charge in [0.05, 0.1) is 0 Å². The van der Waals surface area contributed by atoms with Crippen molar-refractivity contribution in [1.82, 2.24) is 0 Å². The molecule has 64 valence electrons. The highest BCUT2D eigenvalue weighted by Crippen LogP contribution is 2.06. The van der Waals surface area contributed by atoms with Crippen molar-refractivity contribution in [3.8, 4) is 0 Å². The van der Waals surface area contributed by atoms with Crippen LogP contribution in [0.4, 0.5) is 4.39 Å². The number of Topliss-reactive ketones (excluding diaryl/α,β-unsaturated/α-hetero) is 1. The minimum Gasteiger partial charge on any atom is -0.454 e. The Morgan fingerprint density at radius 3 is 2.09 bits per heavy atom. The van der Waals surface area contributed by atoms with Crippen LogP contribution >= 0.6 is 0 Å². The molecule has 0 aromatic rings. The maximum atomic E-state index is 11.6. The lowest BCUT2D eigenvalue weighted by atomic mass is 10.2. The first-order chi connectivity index (χ1) is 4.87. The van der Waals surface area contributed by atoms with E-state index in [1.165, 1.54) is 0 Å². The van der Waals surface area contributed by atoms with Gasteiger partial charge < -0.3 is 4.74 Å². The molecule has 0 N–H and O–H groups in total. The maximum Gasteiger partial charge on any atom is 0.377 e. The van der Waals surface area contributed by atoms with Gasteiger partial charge in [-0.25, -0.2) is 9.18 Å². The normalized spacial score (nSPS) is 10.9. The van der Waals surface area contributed by atoms with Crippen LogP contribution in [0.15, 0.2) is 0 Å². The molecule has 0 rings (SSSR count). The number of hydrogen-bond acceptors (Lipinski definition) is 3. The third-order valence-corrected chi connectivity index (χ3v) is 0.748. The number of hydrogen-bond donors (Lipinski definition) is 0. The smallest absolute Gasteiger partial charge is 0.377 e. The van der Waals surface area contributed by atoms with Crippen molar-refractivity contribution in [2.24, 2.45) is 0 Å². The standard InChI is InChI=1S/C7H11FO3/c1-7(2,3)11-6(10)5(9)4-8/h4H2,1-3H3. The van der Waals surface area contributed by atoms with Crippen LogP contribution in [0.5, 0.6) is 0 Å². The van der Waals surface area contributed by atoms with Gasteiger partial charge in [-0.1, -0.05) is 0 Å². The highest BCUT2D eigenvalue weighted by Gasteiger charge is 2.21. The van der Waals surface area contributed by atoms with Crippen molar-refractivity contribution in [2.45, 2.75) is 26.4 Å². The predicted molar refractivity (Wildman–Crippen MR) is 36.8 cm³/mol. The summed E-state index contributed by atoms with van der Waals surface area (Å²) in [6, 6.07) is 0. The van der Waals surface area contributed by atoms with Gasteiger partial charge in [0.2, 0.25) is 0 Å². The summed E-state index contributed by atoms with van der Waals surface area (Å²) in [6.45, 7) is 3.53. The SMILES string of the molecule is CC(C)(C)OC(=O)C(=O)CF. The van der Waals surface area contributed by atoms with Gasteiger partial charge in [-0.3, -0.25) is 4.79 Å². The minimum atomic E-state index is -1.30. The molecule has 3 nitrogen and oxygen atoms in total. The second-order valence-electron chi connectivity index (χ2n) is 3.06. The molecule has 0 radical (unpaired) electrons. The largest absolute Gasteiger partial charge is 0.454 e. The van der Waals surface area contributed by atoms with Gasteiger partial charge in [-0.05, 0) is 20.8 Å². The first kappa shape index (κ1) is 10.1. The van der Waals surface area contributed by atoms with E-state index < -0.39 is 24.0 Å². The zero-order chi connectivity index (χ0) is 9.07. The monoisotopic (exact) mass is 162 g/mol. The zero-order valence-corrected chi connectivity index (χ0v) is 6.81. The molecule has 0 amide bonds. The molecule has 0 heterocycles. The molecule has 4 heteroatoms. The third-order valence-electron chi connectivity index (χ3n) is 0.748. The molecule has 0 aliphatic heterocycles. The average molecular weight is 162 g/mol. The summed E-state index contributed by atoms with van der Waals surface area (Å²) in [5.74, 6) is -2.25. The number of ketones is 1. The molecule has 0 spiro atoms. The summed E-state index contributed by atoms with van der Waals surface area (Å²) >= 11 is 0. The fraction of sp³-hybridized carbons (Fsp3) is 0.714. The fourth-order valence-electron chi connectivity index (χ4n) is 0.390. The first-order valence-corrected chi connectivity index (χ1v) is 3.19. The lowest BCUT2D eigenvalue weighted by Crippen LogP contribution is -2.29. The van der Waals surface area contributed by atoms with Gasteiger partial charge in [0.15, 0.2) is 6.67 Å². The van der Waals surface area contributed by atoms with Crippen LogP contribution in [0.2, 0.25) is 0 Å². The van der Waals surface area contributed by atoms with E-state index in [2.05, 4.69) is 4.74 Å². The fourth-order valence-corrected chi connectivity index (χ4v) is 0.390. The van der Waals surface area contributed by atoms with Gasteiger partial charge in [-0.15, -0.1) is 0 Å². The summed E-state index contributed by atoms with van der Waals surface area (Å²) in [4.78, 5) is 20.9. The van der Waals surface area contributed by atoms with Crippen molar-refractivity contribution < 1.29 is 18.7 Å². The van der Waals surface area contributed by atoms with E-state index in [-0.39, 0.29) is 0 Å². The van der Waals surface area contributed by atoms with Gasteiger partial charge in [-0.2, -0.15) is 0 Å². The van der Waals surface area contributed by atoms with Crippen molar-refractivity contribution in [3.05, 3.63) is 0 Å². The van der Waals surface area contributed by atoms with Crippen LogP contribution < -0.4 is 0 Å². The summed E-state index contributed by atoms with van der Waals surface area (Å²) in [7, 11) is 0. The Balaban J connectivity index is 3.99. The Kier molecular flexibility index (Phi) is 3.17. The first-order valence-electron chi connectivity index (χ1n) is 3.19. The molecule has 0 atom stereocenters. The number of carbonyl (C=O) groups excluding carboxylic acids is 2. The van der Waals surface area contributed by atoms with Crippen LogP contribution in [0, 0.1) is 0 Å². The van der Waals surface area contributed by atoms with Gasteiger partial charge in [0.25, 0.3) is 5.78 Å². The van der Waals surface area contributed by atoms with Crippen LogP contribution in [0.3, 0.4) is 0 Å². The summed E-state index contributed by atoms with van der Waals surface area (Å²) < 4.78 is 16.1. The Hall–Kier alpha value is -0.930. The van der Waals surface area contributed by atoms with Crippen LogP contribution in [0.1, 0.15) is 20.8 Å². The number of alkyl halides is 1. The number of rotatable bonds is 2. The topological polar surface area (TPSA) is 43.4 Å². The molecule has 0 aliphatic carbocycles. The molecule has 0 unspecified atom stereocenters. The summed E-state index contributed by atoms with van der Waals surface area (Å²) in [6.07, 6.45) is 0. The van der Waals surface area contributed by atoms with Gasteiger partial charge >= 0.3 is 5.97 Å². The second kappa shape index (κ2) is 3.46. The predicted octanol–water partition coefficient (Wildman–Crippen LogP) is 0.867. The lowest BCUT2D eigenvalue weighted by molar-refractivity contribution is -0.162. The third kappa shape index (κ3) is 4.47. The summed E-state index contributed by atoms with van der Waals surface area (Å²) in [5, 5.41) is 0. The molecule has 0 aromatic heterocycles. The highest BCUT2D eigenvalue weighted by molar-refractivity contribution is 6.34. The number of carbonyl (C=O) groups is 2. The van der Waals surface area contributed by atoms with Crippen molar-refractivity contribution in [2.75, 3.05) is 6.67 Å². The number of halogens is 1. The van der Waals surface area contributed by atoms with Gasteiger partial charge in [0.1, 0.15) is 5.60 Å². The molecule has 0 saturated heterocycles. The average Bonchev–Trinajstić information content (AvgIpc) is 1.82. The van der Waals surface area contributed by atoms with Crippen molar-refractivity contribution >= 4 is 11.8 Å². The molecular formula is C7H11FO3. The Labute approximate surface area is 64.5 Å². The van der Waals surface area contributed by atoms with E-state index in [0.717, 1.165) is 0 Å². The molecule has 0 aliphatic rings. The Morgan fingerprint density at radius 1 is 1.36 bits per heavy atom. The maximum absolute atomic E-state index is 11.6. The van der Waals surface area contributed by atoms with E-state index in [9.17, 15) is 14.0 Å². The number of ether oxygens (including phenoxy) is 1. The van der Waals surface area contributed by atoms with Crippen LogP contribution in [0.25, 0.3) is 0 Å². The van der Waals surface area contributed by atoms with E-state index in [4.69, 9.17) is 0 Å². The molecule has 0 bridgehead atoms. The van der Waals surface area contributed by atoms with E-state index in [1.54, 1.807) is 20.8 Å². The lowest BCUT2D eigenvalue weighted by Gasteiger charge is -2.18.